The monoisotopic (exact) mass is 249 g/mol. The zero-order chi connectivity index (χ0) is 13.0. The lowest BCUT2D eigenvalue weighted by atomic mass is 9.80. The van der Waals surface area contributed by atoms with E-state index in [4.69, 9.17) is 4.74 Å². The van der Waals surface area contributed by atoms with E-state index in [2.05, 4.69) is 22.2 Å². The van der Waals surface area contributed by atoms with Crippen LogP contribution in [-0.2, 0) is 0 Å². The van der Waals surface area contributed by atoms with Crippen molar-refractivity contribution in [1.29, 1.82) is 0 Å². The van der Waals surface area contributed by atoms with Gasteiger partial charge >= 0.3 is 0 Å². The average Bonchev–Trinajstić information content (AvgIpc) is 2.37. The maximum atomic E-state index is 5.16. The Kier molecular flexibility index (Phi) is 4.39. The third-order valence-electron chi connectivity index (χ3n) is 3.86. The van der Waals surface area contributed by atoms with E-state index >= 15 is 0 Å². The van der Waals surface area contributed by atoms with Crippen LogP contribution in [0.5, 0.6) is 5.88 Å². The molecule has 1 aromatic heterocycles. The molecular formula is C14H23N3O. The van der Waals surface area contributed by atoms with Crippen LogP contribution in [0.2, 0.25) is 0 Å². The Balaban J connectivity index is 1.94. The predicted octanol–water partition coefficient (Wildman–Crippen LogP) is 3.03. The Morgan fingerprint density at radius 1 is 1.33 bits per heavy atom. The molecule has 1 heterocycles. The van der Waals surface area contributed by atoms with Crippen molar-refractivity contribution in [2.45, 2.75) is 39.5 Å². The maximum absolute atomic E-state index is 5.16. The number of hydrogen-bond donors (Lipinski definition) is 1. The highest BCUT2D eigenvalue weighted by Gasteiger charge is 2.21. The molecule has 4 heteroatoms. The number of rotatable bonds is 4. The number of nitrogens with zero attached hydrogens (tertiary/aromatic N) is 2. The molecule has 1 saturated carbocycles. The van der Waals surface area contributed by atoms with Gasteiger partial charge in [-0.15, -0.1) is 0 Å². The summed E-state index contributed by atoms with van der Waals surface area (Å²) in [5, 5.41) is 3.43. The summed E-state index contributed by atoms with van der Waals surface area (Å²) in [6.45, 7) is 5.25. The summed E-state index contributed by atoms with van der Waals surface area (Å²) in [6, 6.07) is 1.86. The zero-order valence-electron chi connectivity index (χ0n) is 11.6. The standard InChI is InChI=1S/C14H23N3O/c1-10-6-4-5-7-12(10)9-15-13-8-14(18-3)17-11(2)16-13/h8,10,12H,4-7,9H2,1-3H3,(H,15,16,17). The molecule has 4 nitrogen and oxygen atoms in total. The van der Waals surface area contributed by atoms with Crippen LogP contribution in [0, 0.1) is 18.8 Å². The van der Waals surface area contributed by atoms with Crippen molar-refractivity contribution in [2.24, 2.45) is 11.8 Å². The lowest BCUT2D eigenvalue weighted by Crippen LogP contribution is -2.24. The van der Waals surface area contributed by atoms with E-state index in [-0.39, 0.29) is 0 Å². The Morgan fingerprint density at radius 2 is 2.11 bits per heavy atom. The molecule has 1 aromatic rings. The van der Waals surface area contributed by atoms with Gasteiger partial charge in [0.25, 0.3) is 0 Å². The first-order valence-corrected chi connectivity index (χ1v) is 6.82. The quantitative estimate of drug-likeness (QED) is 0.891. The summed E-state index contributed by atoms with van der Waals surface area (Å²) in [6.07, 6.45) is 5.44. The molecule has 0 spiro atoms. The molecule has 18 heavy (non-hydrogen) atoms. The first kappa shape index (κ1) is 13.1. The number of aromatic nitrogens is 2. The van der Waals surface area contributed by atoms with Crippen LogP contribution in [-0.4, -0.2) is 23.6 Å². The van der Waals surface area contributed by atoms with Gasteiger partial charge in [-0.25, -0.2) is 4.98 Å². The highest BCUT2D eigenvalue weighted by atomic mass is 16.5. The van der Waals surface area contributed by atoms with Crippen LogP contribution in [0.25, 0.3) is 0 Å². The Hall–Kier alpha value is -1.32. The van der Waals surface area contributed by atoms with Gasteiger partial charge in [-0.2, -0.15) is 4.98 Å². The summed E-state index contributed by atoms with van der Waals surface area (Å²) in [7, 11) is 1.63. The van der Waals surface area contributed by atoms with Crippen molar-refractivity contribution < 1.29 is 4.74 Å². The molecule has 2 atom stereocenters. The normalized spacial score (nSPS) is 23.7. The summed E-state index contributed by atoms with van der Waals surface area (Å²) in [5.41, 5.74) is 0. The van der Waals surface area contributed by atoms with Gasteiger partial charge in [0, 0.05) is 12.6 Å². The Labute approximate surface area is 109 Å². The van der Waals surface area contributed by atoms with Gasteiger partial charge in [0.1, 0.15) is 11.6 Å². The molecule has 0 aliphatic heterocycles. The van der Waals surface area contributed by atoms with Crippen LogP contribution >= 0.6 is 0 Å². The minimum Gasteiger partial charge on any atom is -0.481 e. The molecule has 0 radical (unpaired) electrons. The molecule has 0 amide bonds. The summed E-state index contributed by atoms with van der Waals surface area (Å²) >= 11 is 0. The van der Waals surface area contributed by atoms with Crippen LogP contribution in [0.4, 0.5) is 5.82 Å². The van der Waals surface area contributed by atoms with Crippen molar-refractivity contribution in [3.63, 3.8) is 0 Å². The molecule has 1 N–H and O–H groups in total. The van der Waals surface area contributed by atoms with Gasteiger partial charge < -0.3 is 10.1 Å². The van der Waals surface area contributed by atoms with E-state index in [9.17, 15) is 0 Å². The molecule has 0 aromatic carbocycles. The second kappa shape index (κ2) is 6.03. The topological polar surface area (TPSA) is 47.0 Å². The van der Waals surface area contributed by atoms with Crippen LogP contribution < -0.4 is 10.1 Å². The molecular weight excluding hydrogens is 226 g/mol. The third kappa shape index (κ3) is 3.34. The number of methoxy groups -OCH3 is 1. The molecule has 0 bridgehead atoms. The van der Waals surface area contributed by atoms with Gasteiger partial charge in [0.15, 0.2) is 0 Å². The van der Waals surface area contributed by atoms with Gasteiger partial charge in [0.05, 0.1) is 7.11 Å². The first-order chi connectivity index (χ1) is 8.69. The molecule has 1 fully saturated rings. The predicted molar refractivity (Wildman–Crippen MR) is 72.9 cm³/mol. The molecule has 1 aliphatic rings. The highest BCUT2D eigenvalue weighted by molar-refractivity contribution is 5.38. The van der Waals surface area contributed by atoms with Crippen molar-refractivity contribution >= 4 is 5.82 Å². The highest BCUT2D eigenvalue weighted by Crippen LogP contribution is 2.29. The maximum Gasteiger partial charge on any atom is 0.218 e. The van der Waals surface area contributed by atoms with E-state index in [1.807, 2.05) is 13.0 Å². The molecule has 2 rings (SSSR count). The third-order valence-corrected chi connectivity index (χ3v) is 3.86. The number of nitrogens with one attached hydrogen (secondary N) is 1. The molecule has 2 unspecified atom stereocenters. The fourth-order valence-corrected chi connectivity index (χ4v) is 2.67. The number of aryl methyl sites for hydroxylation is 1. The van der Waals surface area contributed by atoms with E-state index in [1.54, 1.807) is 7.11 Å². The van der Waals surface area contributed by atoms with E-state index in [0.717, 1.165) is 30.0 Å². The smallest absolute Gasteiger partial charge is 0.218 e. The van der Waals surface area contributed by atoms with Crippen molar-refractivity contribution in [3.8, 4) is 5.88 Å². The first-order valence-electron chi connectivity index (χ1n) is 6.82. The largest absolute Gasteiger partial charge is 0.481 e. The fourth-order valence-electron chi connectivity index (χ4n) is 2.67. The SMILES string of the molecule is COc1cc(NCC2CCCCC2C)nc(C)n1. The van der Waals surface area contributed by atoms with Crippen molar-refractivity contribution in [1.82, 2.24) is 9.97 Å². The van der Waals surface area contributed by atoms with Crippen LogP contribution in [0.3, 0.4) is 0 Å². The van der Waals surface area contributed by atoms with Gasteiger partial charge in [0.2, 0.25) is 5.88 Å². The summed E-state index contributed by atoms with van der Waals surface area (Å²) in [5.74, 6) is 3.82. The zero-order valence-corrected chi connectivity index (χ0v) is 11.6. The lowest BCUT2D eigenvalue weighted by Gasteiger charge is -2.29. The molecule has 100 valence electrons. The molecule has 1 aliphatic carbocycles. The van der Waals surface area contributed by atoms with E-state index in [1.165, 1.54) is 25.7 Å². The van der Waals surface area contributed by atoms with Crippen molar-refractivity contribution in [2.75, 3.05) is 19.0 Å². The molecule has 0 saturated heterocycles. The second-order valence-electron chi connectivity index (χ2n) is 5.25. The van der Waals surface area contributed by atoms with Crippen molar-refractivity contribution in [3.05, 3.63) is 11.9 Å². The number of ether oxygens (including phenoxy) is 1. The average molecular weight is 249 g/mol. The lowest BCUT2D eigenvalue weighted by molar-refractivity contribution is 0.268. The number of hydrogen-bond acceptors (Lipinski definition) is 4. The fraction of sp³-hybridized carbons (Fsp3) is 0.714. The second-order valence-corrected chi connectivity index (χ2v) is 5.25. The van der Waals surface area contributed by atoms with Gasteiger partial charge in [-0.05, 0) is 25.2 Å². The van der Waals surface area contributed by atoms with E-state index < -0.39 is 0 Å². The number of anilines is 1. The van der Waals surface area contributed by atoms with Crippen LogP contribution in [0.1, 0.15) is 38.4 Å². The van der Waals surface area contributed by atoms with Crippen LogP contribution in [0.15, 0.2) is 6.07 Å². The minimum absolute atomic E-state index is 0.627. The van der Waals surface area contributed by atoms with E-state index in [0.29, 0.717) is 5.88 Å². The van der Waals surface area contributed by atoms with Gasteiger partial charge in [-0.1, -0.05) is 26.2 Å². The Morgan fingerprint density at radius 3 is 2.83 bits per heavy atom. The minimum atomic E-state index is 0.627. The Bertz CT molecular complexity index is 395. The summed E-state index contributed by atoms with van der Waals surface area (Å²) in [4.78, 5) is 8.58. The summed E-state index contributed by atoms with van der Waals surface area (Å²) < 4.78 is 5.16. The van der Waals surface area contributed by atoms with Gasteiger partial charge in [-0.3, -0.25) is 0 Å².